The summed E-state index contributed by atoms with van der Waals surface area (Å²) >= 11 is 0. The minimum Gasteiger partial charge on any atom is -0.497 e. The Morgan fingerprint density at radius 3 is 2.32 bits per heavy atom. The summed E-state index contributed by atoms with van der Waals surface area (Å²) < 4.78 is 37.8. The first kappa shape index (κ1) is 22.2. The second-order valence-corrected chi connectivity index (χ2v) is 8.34. The predicted octanol–water partition coefficient (Wildman–Crippen LogP) is 3.21. The minimum absolute atomic E-state index is 0.0287. The molecule has 3 aromatic carbocycles. The first-order valence-electron chi connectivity index (χ1n) is 9.37. The van der Waals surface area contributed by atoms with Crippen LogP contribution in [0.4, 0.5) is 0 Å². The number of hydrogen-bond donors (Lipinski definition) is 1. The first-order chi connectivity index (χ1) is 14.9. The van der Waals surface area contributed by atoms with Gasteiger partial charge in [-0.15, -0.1) is 0 Å². The van der Waals surface area contributed by atoms with E-state index in [-0.39, 0.29) is 17.0 Å². The molecular formula is C23H21NO6S. The summed E-state index contributed by atoms with van der Waals surface area (Å²) in [6.45, 7) is -0.359. The van der Waals surface area contributed by atoms with Gasteiger partial charge in [-0.05, 0) is 35.9 Å². The molecule has 7 nitrogen and oxygen atoms in total. The monoisotopic (exact) mass is 439 g/mol. The van der Waals surface area contributed by atoms with Gasteiger partial charge in [0.05, 0.1) is 17.6 Å². The van der Waals surface area contributed by atoms with Crippen molar-refractivity contribution in [3.8, 4) is 5.75 Å². The Kier molecular flexibility index (Phi) is 7.17. The molecule has 0 fully saturated rings. The molecule has 0 aliphatic heterocycles. The highest BCUT2D eigenvalue weighted by molar-refractivity contribution is 7.89. The summed E-state index contributed by atoms with van der Waals surface area (Å²) in [4.78, 5) is 24.5. The Morgan fingerprint density at radius 2 is 1.58 bits per heavy atom. The molecule has 0 atom stereocenters. The van der Waals surface area contributed by atoms with E-state index in [1.54, 1.807) is 36.4 Å². The van der Waals surface area contributed by atoms with E-state index in [2.05, 4.69) is 4.72 Å². The van der Waals surface area contributed by atoms with E-state index < -0.39 is 28.4 Å². The summed E-state index contributed by atoms with van der Waals surface area (Å²) in [5, 5.41) is 0. The van der Waals surface area contributed by atoms with Crippen LogP contribution in [0.15, 0.2) is 83.8 Å². The van der Waals surface area contributed by atoms with Crippen molar-refractivity contribution in [2.24, 2.45) is 0 Å². The summed E-state index contributed by atoms with van der Waals surface area (Å²) in [6.07, 6.45) is 0. The average molecular weight is 439 g/mol. The number of esters is 1. The van der Waals surface area contributed by atoms with Crippen molar-refractivity contribution in [1.82, 2.24) is 4.72 Å². The lowest BCUT2D eigenvalue weighted by molar-refractivity contribution is 0.0474. The lowest BCUT2D eigenvalue weighted by Gasteiger charge is -2.09. The molecule has 0 radical (unpaired) electrons. The molecule has 0 saturated carbocycles. The number of nitrogens with one attached hydrogen (secondary N) is 1. The molecule has 0 spiro atoms. The van der Waals surface area contributed by atoms with E-state index in [1.165, 1.54) is 31.4 Å². The van der Waals surface area contributed by atoms with Gasteiger partial charge in [0.2, 0.25) is 10.0 Å². The maximum atomic E-state index is 12.6. The van der Waals surface area contributed by atoms with Gasteiger partial charge in [0, 0.05) is 12.1 Å². The second-order valence-electron chi connectivity index (χ2n) is 6.57. The number of Topliss-reactive ketones (excluding diaryl/α,β-unsaturated/α-hetero) is 1. The number of carbonyl (C=O) groups excluding carboxylic acids is 2. The third-order valence-electron chi connectivity index (χ3n) is 4.42. The van der Waals surface area contributed by atoms with Crippen LogP contribution in [-0.4, -0.2) is 33.9 Å². The van der Waals surface area contributed by atoms with E-state index in [0.29, 0.717) is 11.3 Å². The van der Waals surface area contributed by atoms with Gasteiger partial charge < -0.3 is 9.47 Å². The van der Waals surface area contributed by atoms with Crippen LogP contribution in [0.1, 0.15) is 26.3 Å². The van der Waals surface area contributed by atoms with Crippen LogP contribution < -0.4 is 9.46 Å². The summed E-state index contributed by atoms with van der Waals surface area (Å²) in [7, 11) is -2.35. The minimum atomic E-state index is -3.84. The predicted molar refractivity (Wildman–Crippen MR) is 115 cm³/mol. The molecule has 3 rings (SSSR count). The number of sulfonamides is 1. The lowest BCUT2D eigenvalue weighted by Crippen LogP contribution is -2.23. The van der Waals surface area contributed by atoms with E-state index in [1.807, 2.05) is 18.2 Å². The van der Waals surface area contributed by atoms with E-state index in [4.69, 9.17) is 9.47 Å². The van der Waals surface area contributed by atoms with Gasteiger partial charge in [-0.2, -0.15) is 0 Å². The van der Waals surface area contributed by atoms with Crippen LogP contribution in [0, 0.1) is 0 Å². The summed E-state index contributed by atoms with van der Waals surface area (Å²) in [5.74, 6) is -0.685. The molecule has 0 unspecified atom stereocenters. The van der Waals surface area contributed by atoms with Crippen molar-refractivity contribution in [2.45, 2.75) is 11.4 Å². The maximum absolute atomic E-state index is 12.6. The topological polar surface area (TPSA) is 98.8 Å². The molecule has 1 N–H and O–H groups in total. The normalized spacial score (nSPS) is 11.0. The summed E-state index contributed by atoms with van der Waals surface area (Å²) in [5.41, 5.74) is 1.17. The second kappa shape index (κ2) is 10.0. The van der Waals surface area contributed by atoms with E-state index in [0.717, 1.165) is 5.56 Å². The molecule has 0 bridgehead atoms. The highest BCUT2D eigenvalue weighted by Gasteiger charge is 2.18. The van der Waals surface area contributed by atoms with Gasteiger partial charge >= 0.3 is 5.97 Å². The van der Waals surface area contributed by atoms with Crippen LogP contribution in [0.5, 0.6) is 5.75 Å². The zero-order valence-corrected chi connectivity index (χ0v) is 17.6. The third kappa shape index (κ3) is 6.00. The Hall–Kier alpha value is -3.49. The Labute approximate surface area is 180 Å². The Bertz CT molecular complexity index is 1180. The molecule has 31 heavy (non-hydrogen) atoms. The molecule has 0 aliphatic rings. The van der Waals surface area contributed by atoms with Crippen molar-refractivity contribution in [2.75, 3.05) is 13.7 Å². The number of methoxy groups -OCH3 is 1. The summed E-state index contributed by atoms with van der Waals surface area (Å²) in [6, 6.07) is 21.0. The largest absolute Gasteiger partial charge is 0.497 e. The third-order valence-corrected chi connectivity index (χ3v) is 5.81. The smallest absolute Gasteiger partial charge is 0.338 e. The number of benzene rings is 3. The maximum Gasteiger partial charge on any atom is 0.338 e. The van der Waals surface area contributed by atoms with Crippen molar-refractivity contribution >= 4 is 21.8 Å². The molecule has 0 saturated heterocycles. The van der Waals surface area contributed by atoms with E-state index in [9.17, 15) is 18.0 Å². The van der Waals surface area contributed by atoms with Crippen LogP contribution in [0.2, 0.25) is 0 Å². The number of ether oxygens (including phenoxy) is 2. The number of carbonyl (C=O) groups is 2. The number of hydrogen-bond acceptors (Lipinski definition) is 6. The van der Waals surface area contributed by atoms with Gasteiger partial charge in [0.25, 0.3) is 0 Å². The van der Waals surface area contributed by atoms with Crippen LogP contribution in [0.3, 0.4) is 0 Å². The highest BCUT2D eigenvalue weighted by Crippen LogP contribution is 2.15. The van der Waals surface area contributed by atoms with E-state index >= 15 is 0 Å². The molecule has 0 amide bonds. The highest BCUT2D eigenvalue weighted by atomic mass is 32.2. The molecule has 160 valence electrons. The number of ketones is 1. The van der Waals surface area contributed by atoms with Gasteiger partial charge in [-0.3, -0.25) is 4.79 Å². The molecule has 8 heteroatoms. The zero-order chi connectivity index (χ0) is 22.3. The van der Waals surface area contributed by atoms with Crippen LogP contribution in [0.25, 0.3) is 0 Å². The zero-order valence-electron chi connectivity index (χ0n) is 16.8. The number of rotatable bonds is 9. The quantitative estimate of drug-likeness (QED) is 0.406. The fourth-order valence-electron chi connectivity index (χ4n) is 2.74. The Balaban J connectivity index is 1.64. The van der Waals surface area contributed by atoms with Gasteiger partial charge in [-0.25, -0.2) is 17.9 Å². The van der Waals surface area contributed by atoms with Crippen molar-refractivity contribution in [1.29, 1.82) is 0 Å². The lowest BCUT2D eigenvalue weighted by atomic mass is 10.1. The average Bonchev–Trinajstić information content (AvgIpc) is 2.81. The van der Waals surface area contributed by atoms with Gasteiger partial charge in [0.15, 0.2) is 12.4 Å². The molecule has 0 aromatic heterocycles. The SMILES string of the molecule is COc1cccc(C(=O)COC(=O)c2cccc(S(=O)(=O)NCc3ccccc3)c2)c1. The van der Waals surface area contributed by atoms with Crippen molar-refractivity contribution < 1.29 is 27.5 Å². The standard InChI is InChI=1S/C23H21NO6S/c1-29-20-11-5-9-18(13-20)22(25)16-30-23(26)19-10-6-12-21(14-19)31(27,28)24-15-17-7-3-2-4-8-17/h2-14,24H,15-16H2,1H3. The Morgan fingerprint density at radius 1 is 0.871 bits per heavy atom. The van der Waals surface area contributed by atoms with Crippen molar-refractivity contribution in [3.05, 3.63) is 95.6 Å². The molecule has 0 aliphatic carbocycles. The fourth-order valence-corrected chi connectivity index (χ4v) is 3.81. The van der Waals surface area contributed by atoms with Crippen LogP contribution >= 0.6 is 0 Å². The molecule has 0 heterocycles. The molecular weight excluding hydrogens is 418 g/mol. The van der Waals surface area contributed by atoms with Crippen molar-refractivity contribution in [3.63, 3.8) is 0 Å². The van der Waals surface area contributed by atoms with Gasteiger partial charge in [0.1, 0.15) is 5.75 Å². The first-order valence-corrected chi connectivity index (χ1v) is 10.9. The van der Waals surface area contributed by atoms with Gasteiger partial charge in [-0.1, -0.05) is 48.5 Å². The molecule has 3 aromatic rings. The fraction of sp³-hybridized carbons (Fsp3) is 0.130. The van der Waals surface area contributed by atoms with Crippen LogP contribution in [-0.2, 0) is 21.3 Å².